The summed E-state index contributed by atoms with van der Waals surface area (Å²) in [7, 11) is -1.58. The highest BCUT2D eigenvalue weighted by Gasteiger charge is 2.35. The van der Waals surface area contributed by atoms with Crippen LogP contribution in [0, 0.1) is 0 Å². The zero-order chi connectivity index (χ0) is 19.4. The Labute approximate surface area is 165 Å². The third kappa shape index (κ3) is 4.57. The number of benzene rings is 1. The molecule has 1 aliphatic rings. The summed E-state index contributed by atoms with van der Waals surface area (Å²) in [6, 6.07) is 13.1. The molecule has 27 heavy (non-hydrogen) atoms. The van der Waals surface area contributed by atoms with Gasteiger partial charge in [-0.3, -0.25) is 4.79 Å². The molecular weight excluding hydrogens is 382 g/mol. The van der Waals surface area contributed by atoms with Crippen LogP contribution in [0.25, 0.3) is 0 Å². The number of amides is 1. The summed E-state index contributed by atoms with van der Waals surface area (Å²) in [4.78, 5) is 15.7. The maximum atomic E-state index is 12.8. The van der Waals surface area contributed by atoms with Crippen molar-refractivity contribution in [3.05, 3.63) is 53.4 Å². The van der Waals surface area contributed by atoms with Crippen LogP contribution in [-0.4, -0.2) is 62.8 Å². The zero-order valence-electron chi connectivity index (χ0n) is 15.7. The number of piperazine rings is 1. The molecule has 0 spiro atoms. The normalized spacial score (nSPS) is 17.6. The van der Waals surface area contributed by atoms with Gasteiger partial charge in [0.1, 0.15) is 4.21 Å². The van der Waals surface area contributed by atoms with Crippen LogP contribution in [0.15, 0.2) is 52.1 Å². The summed E-state index contributed by atoms with van der Waals surface area (Å²) in [5, 5.41) is 1.78. The first-order chi connectivity index (χ1) is 12.9. The molecule has 1 aromatic carbocycles. The predicted molar refractivity (Wildman–Crippen MR) is 106 cm³/mol. The molecule has 2 aromatic rings. The van der Waals surface area contributed by atoms with E-state index in [1.807, 2.05) is 44.3 Å². The van der Waals surface area contributed by atoms with Gasteiger partial charge in [0.25, 0.3) is 15.9 Å². The van der Waals surface area contributed by atoms with Gasteiger partial charge in [0, 0.05) is 13.6 Å². The van der Waals surface area contributed by atoms with Gasteiger partial charge in [-0.2, -0.15) is 4.31 Å². The molecule has 0 aliphatic carbocycles. The number of carbonyl (C=O) groups is 1. The second kappa shape index (κ2) is 8.52. The van der Waals surface area contributed by atoms with Gasteiger partial charge < -0.3 is 9.80 Å². The number of nitrogens with zero attached hydrogens (tertiary/aromatic N) is 2. The lowest BCUT2D eigenvalue weighted by molar-refractivity contribution is -0.918. The van der Waals surface area contributed by atoms with E-state index < -0.39 is 10.0 Å². The van der Waals surface area contributed by atoms with E-state index in [1.165, 1.54) is 15.6 Å². The Bertz CT molecular complexity index is 846. The molecule has 0 unspecified atom stereocenters. The highest BCUT2D eigenvalue weighted by atomic mass is 32.2. The SMILES string of the molecule is C[C@H](C(=O)N(C)Cc1ccccc1)[NH+]1CCN(S(=O)(=O)c2cccs2)CC1. The van der Waals surface area contributed by atoms with Crippen LogP contribution in [0.3, 0.4) is 0 Å². The van der Waals surface area contributed by atoms with E-state index in [-0.39, 0.29) is 11.9 Å². The highest BCUT2D eigenvalue weighted by molar-refractivity contribution is 7.91. The van der Waals surface area contributed by atoms with Crippen molar-refractivity contribution in [3.63, 3.8) is 0 Å². The molecule has 1 atom stereocenters. The fourth-order valence-corrected chi connectivity index (χ4v) is 6.01. The van der Waals surface area contributed by atoms with Gasteiger partial charge in [-0.15, -0.1) is 11.3 Å². The van der Waals surface area contributed by atoms with E-state index in [4.69, 9.17) is 0 Å². The molecule has 3 rings (SSSR count). The Morgan fingerprint density at radius 3 is 2.44 bits per heavy atom. The first kappa shape index (κ1) is 20.0. The van der Waals surface area contributed by atoms with Crippen molar-refractivity contribution in [1.29, 1.82) is 0 Å². The minimum Gasteiger partial charge on any atom is -0.336 e. The molecular formula is C19H26N3O3S2+. The van der Waals surface area contributed by atoms with Crippen LogP contribution in [0.5, 0.6) is 0 Å². The van der Waals surface area contributed by atoms with Gasteiger partial charge >= 0.3 is 0 Å². The summed E-state index contributed by atoms with van der Waals surface area (Å²) in [6.07, 6.45) is 0. The minimum absolute atomic E-state index is 0.0865. The van der Waals surface area contributed by atoms with Gasteiger partial charge in [-0.1, -0.05) is 36.4 Å². The number of likely N-dealkylation sites (N-methyl/N-ethyl adjacent to an activating group) is 1. The van der Waals surface area contributed by atoms with E-state index >= 15 is 0 Å². The van der Waals surface area contributed by atoms with Gasteiger partial charge in [0.05, 0.1) is 26.2 Å². The molecule has 1 fully saturated rings. The van der Waals surface area contributed by atoms with Crippen LogP contribution >= 0.6 is 11.3 Å². The van der Waals surface area contributed by atoms with Gasteiger partial charge in [-0.25, -0.2) is 8.42 Å². The molecule has 1 saturated heterocycles. The Balaban J connectivity index is 1.56. The summed E-state index contributed by atoms with van der Waals surface area (Å²) < 4.78 is 27.2. The summed E-state index contributed by atoms with van der Waals surface area (Å²) >= 11 is 1.24. The number of hydrogen-bond donors (Lipinski definition) is 1. The molecule has 2 heterocycles. The number of sulfonamides is 1. The lowest BCUT2D eigenvalue weighted by Gasteiger charge is -2.35. The molecule has 6 nitrogen and oxygen atoms in total. The topological polar surface area (TPSA) is 62.1 Å². The number of rotatable bonds is 6. The third-order valence-corrected chi connectivity index (χ3v) is 8.35. The molecule has 1 amide bonds. The second-order valence-corrected chi connectivity index (χ2v) is 10.0. The highest BCUT2D eigenvalue weighted by Crippen LogP contribution is 2.20. The number of hydrogen-bond acceptors (Lipinski definition) is 4. The summed E-state index contributed by atoms with van der Waals surface area (Å²) in [6.45, 7) is 4.66. The van der Waals surface area contributed by atoms with E-state index in [0.717, 1.165) is 10.5 Å². The second-order valence-electron chi connectivity index (χ2n) is 6.90. The quantitative estimate of drug-likeness (QED) is 0.765. The van der Waals surface area contributed by atoms with E-state index in [2.05, 4.69) is 0 Å². The van der Waals surface area contributed by atoms with Gasteiger partial charge in [0.15, 0.2) is 6.04 Å². The lowest BCUT2D eigenvalue weighted by Crippen LogP contribution is -3.19. The average molecular weight is 409 g/mol. The Morgan fingerprint density at radius 1 is 1.19 bits per heavy atom. The first-order valence-corrected chi connectivity index (χ1v) is 11.4. The standard InChI is InChI=1S/C19H25N3O3S2/c1-16(19(23)20(2)15-17-7-4-3-5-8-17)21-10-12-22(13-11-21)27(24,25)18-9-6-14-26-18/h3-9,14,16H,10-13,15H2,1-2H3/p+1/t16-/m1/s1. The summed E-state index contributed by atoms with van der Waals surface area (Å²) in [5.74, 6) is 0.0865. The molecule has 1 aromatic heterocycles. The largest absolute Gasteiger partial charge is 0.336 e. The van der Waals surface area contributed by atoms with Crippen molar-refractivity contribution in [3.8, 4) is 0 Å². The van der Waals surface area contributed by atoms with Gasteiger partial charge in [0.2, 0.25) is 0 Å². The molecule has 0 bridgehead atoms. The van der Waals surface area contributed by atoms with Crippen LogP contribution < -0.4 is 4.90 Å². The fourth-order valence-electron chi connectivity index (χ4n) is 3.42. The first-order valence-electron chi connectivity index (χ1n) is 9.06. The van der Waals surface area contributed by atoms with Crippen LogP contribution in [-0.2, 0) is 21.4 Å². The fraction of sp³-hybridized carbons (Fsp3) is 0.421. The summed E-state index contributed by atoms with van der Waals surface area (Å²) in [5.41, 5.74) is 1.10. The van der Waals surface area contributed by atoms with Crippen LogP contribution in [0.1, 0.15) is 12.5 Å². The zero-order valence-corrected chi connectivity index (χ0v) is 17.3. The number of carbonyl (C=O) groups excluding carboxylic acids is 1. The maximum absolute atomic E-state index is 12.8. The number of nitrogens with one attached hydrogen (secondary N) is 1. The Kier molecular flexibility index (Phi) is 6.31. The molecule has 0 radical (unpaired) electrons. The van der Waals surface area contributed by atoms with Crippen molar-refractivity contribution >= 4 is 27.3 Å². The minimum atomic E-state index is -3.40. The van der Waals surface area contributed by atoms with Crippen LogP contribution in [0.4, 0.5) is 0 Å². The molecule has 1 aliphatic heterocycles. The molecule has 146 valence electrons. The molecule has 0 saturated carbocycles. The average Bonchev–Trinajstić information content (AvgIpc) is 3.23. The Morgan fingerprint density at radius 2 is 1.85 bits per heavy atom. The monoisotopic (exact) mass is 408 g/mol. The molecule has 1 N–H and O–H groups in total. The smallest absolute Gasteiger partial charge is 0.280 e. The third-order valence-electron chi connectivity index (χ3n) is 5.08. The van der Waals surface area contributed by atoms with Crippen molar-refractivity contribution in [2.75, 3.05) is 33.2 Å². The maximum Gasteiger partial charge on any atom is 0.280 e. The predicted octanol–water partition coefficient (Wildman–Crippen LogP) is 0.684. The van der Waals surface area contributed by atoms with Crippen molar-refractivity contribution in [2.24, 2.45) is 0 Å². The molecule has 8 heteroatoms. The van der Waals surface area contributed by atoms with E-state index in [0.29, 0.717) is 36.9 Å². The number of thiophene rings is 1. The van der Waals surface area contributed by atoms with E-state index in [1.54, 1.807) is 22.4 Å². The lowest BCUT2D eigenvalue weighted by atomic mass is 10.2. The Hall–Kier alpha value is -1.74. The van der Waals surface area contributed by atoms with Crippen molar-refractivity contribution < 1.29 is 18.1 Å². The van der Waals surface area contributed by atoms with Gasteiger partial charge in [-0.05, 0) is 23.9 Å². The van der Waals surface area contributed by atoms with Crippen LogP contribution in [0.2, 0.25) is 0 Å². The van der Waals surface area contributed by atoms with Crippen molar-refractivity contribution in [1.82, 2.24) is 9.21 Å². The van der Waals surface area contributed by atoms with Crippen molar-refractivity contribution in [2.45, 2.75) is 23.7 Å². The van der Waals surface area contributed by atoms with E-state index in [9.17, 15) is 13.2 Å². The number of quaternary nitrogens is 1.